The summed E-state index contributed by atoms with van der Waals surface area (Å²) in [5.41, 5.74) is 2.51. The molecule has 0 aromatic heterocycles. The largest absolute Gasteiger partial charge is 0.289 e. The molecule has 0 amide bonds. The molecule has 22 heavy (non-hydrogen) atoms. The lowest BCUT2D eigenvalue weighted by molar-refractivity contribution is 0.103. The molecule has 0 spiro atoms. The van der Waals surface area contributed by atoms with Crippen LogP contribution in [-0.2, 0) is 0 Å². The van der Waals surface area contributed by atoms with Crippen LogP contribution in [0.4, 0.5) is 0 Å². The van der Waals surface area contributed by atoms with E-state index >= 15 is 0 Å². The van der Waals surface area contributed by atoms with Crippen LogP contribution in [0, 0.1) is 6.92 Å². The summed E-state index contributed by atoms with van der Waals surface area (Å²) in [4.78, 5) is 14.9. The summed E-state index contributed by atoms with van der Waals surface area (Å²) in [6.07, 6.45) is 0. The molecular formula is C20H16OS. The van der Waals surface area contributed by atoms with E-state index in [2.05, 4.69) is 18.2 Å². The average Bonchev–Trinajstić information content (AvgIpc) is 2.56. The summed E-state index contributed by atoms with van der Waals surface area (Å²) in [7, 11) is 0. The second-order valence-electron chi connectivity index (χ2n) is 5.09. The van der Waals surface area contributed by atoms with Crippen molar-refractivity contribution >= 4 is 17.5 Å². The highest BCUT2D eigenvalue weighted by molar-refractivity contribution is 7.99. The van der Waals surface area contributed by atoms with Crippen LogP contribution < -0.4 is 0 Å². The monoisotopic (exact) mass is 304 g/mol. The van der Waals surface area contributed by atoms with Crippen LogP contribution >= 0.6 is 11.8 Å². The zero-order valence-electron chi connectivity index (χ0n) is 12.3. The van der Waals surface area contributed by atoms with Gasteiger partial charge in [0.25, 0.3) is 0 Å². The molecule has 1 nitrogen and oxygen atoms in total. The number of carbonyl (C=O) groups excluding carboxylic acids is 1. The summed E-state index contributed by atoms with van der Waals surface area (Å²) < 4.78 is 0. The fourth-order valence-electron chi connectivity index (χ4n) is 2.32. The van der Waals surface area contributed by atoms with Gasteiger partial charge in [-0.05, 0) is 42.8 Å². The Kier molecular flexibility index (Phi) is 4.40. The van der Waals surface area contributed by atoms with E-state index in [1.165, 1.54) is 4.90 Å². The van der Waals surface area contributed by atoms with Gasteiger partial charge in [-0.15, -0.1) is 0 Å². The van der Waals surface area contributed by atoms with Gasteiger partial charge in [0.15, 0.2) is 5.78 Å². The second kappa shape index (κ2) is 6.63. The highest BCUT2D eigenvalue weighted by Gasteiger charge is 2.11. The van der Waals surface area contributed by atoms with Gasteiger partial charge >= 0.3 is 0 Å². The van der Waals surface area contributed by atoms with Gasteiger partial charge in [-0.25, -0.2) is 0 Å². The lowest BCUT2D eigenvalue weighted by Crippen LogP contribution is -2.03. The van der Waals surface area contributed by atoms with Gasteiger partial charge in [0.05, 0.1) is 0 Å². The Hall–Kier alpha value is -2.32. The highest BCUT2D eigenvalue weighted by atomic mass is 32.2. The zero-order valence-corrected chi connectivity index (χ0v) is 13.1. The minimum absolute atomic E-state index is 0.0781. The minimum Gasteiger partial charge on any atom is -0.289 e. The third-order valence-corrected chi connectivity index (χ3v) is 4.45. The number of hydrogen-bond donors (Lipinski definition) is 0. The molecule has 3 rings (SSSR count). The maximum absolute atomic E-state index is 12.5. The smallest absolute Gasteiger partial charge is 0.193 e. The quantitative estimate of drug-likeness (QED) is 0.602. The third-order valence-electron chi connectivity index (χ3n) is 3.46. The van der Waals surface area contributed by atoms with Crippen LogP contribution in [0.2, 0.25) is 0 Å². The van der Waals surface area contributed by atoms with Gasteiger partial charge < -0.3 is 0 Å². The minimum atomic E-state index is 0.0781. The standard InChI is InChI=1S/C20H16OS/c1-15-14-18(22-17-10-6-3-7-11-17)12-13-19(15)20(21)16-8-4-2-5-9-16/h2-14H,1H3. The molecule has 0 aliphatic heterocycles. The van der Waals surface area contributed by atoms with Crippen molar-refractivity contribution in [3.8, 4) is 0 Å². The zero-order chi connectivity index (χ0) is 15.4. The number of hydrogen-bond acceptors (Lipinski definition) is 2. The molecular weight excluding hydrogens is 288 g/mol. The predicted octanol–water partition coefficient (Wildman–Crippen LogP) is 5.38. The van der Waals surface area contributed by atoms with E-state index in [-0.39, 0.29) is 5.78 Å². The van der Waals surface area contributed by atoms with Gasteiger partial charge in [0.2, 0.25) is 0 Å². The first kappa shape index (κ1) is 14.6. The maximum atomic E-state index is 12.5. The molecule has 0 N–H and O–H groups in total. The lowest BCUT2D eigenvalue weighted by Gasteiger charge is -2.08. The van der Waals surface area contributed by atoms with Crippen molar-refractivity contribution < 1.29 is 4.79 Å². The van der Waals surface area contributed by atoms with Gasteiger partial charge in [-0.2, -0.15) is 0 Å². The van der Waals surface area contributed by atoms with E-state index in [9.17, 15) is 4.79 Å². The first-order valence-corrected chi connectivity index (χ1v) is 7.99. The molecule has 108 valence electrons. The number of ketones is 1. The molecule has 0 bridgehead atoms. The van der Waals surface area contributed by atoms with E-state index in [0.717, 1.165) is 21.6 Å². The maximum Gasteiger partial charge on any atom is 0.193 e. The van der Waals surface area contributed by atoms with Crippen molar-refractivity contribution in [3.05, 3.63) is 95.6 Å². The van der Waals surface area contributed by atoms with Crippen molar-refractivity contribution in [3.63, 3.8) is 0 Å². The number of benzene rings is 3. The van der Waals surface area contributed by atoms with E-state index in [1.54, 1.807) is 11.8 Å². The molecule has 0 radical (unpaired) electrons. The van der Waals surface area contributed by atoms with E-state index < -0.39 is 0 Å². The van der Waals surface area contributed by atoms with Crippen molar-refractivity contribution in [2.24, 2.45) is 0 Å². The van der Waals surface area contributed by atoms with E-state index in [0.29, 0.717) is 0 Å². The lowest BCUT2D eigenvalue weighted by atomic mass is 9.99. The average molecular weight is 304 g/mol. The van der Waals surface area contributed by atoms with Crippen LogP contribution in [0.25, 0.3) is 0 Å². The molecule has 0 fully saturated rings. The molecule has 0 heterocycles. The normalized spacial score (nSPS) is 10.4. The molecule has 0 saturated heterocycles. The Morgan fingerprint density at radius 3 is 2.05 bits per heavy atom. The highest BCUT2D eigenvalue weighted by Crippen LogP contribution is 2.29. The molecule has 0 aliphatic rings. The van der Waals surface area contributed by atoms with Gasteiger partial charge in [0, 0.05) is 20.9 Å². The van der Waals surface area contributed by atoms with Gasteiger partial charge in [0.1, 0.15) is 0 Å². The molecule has 0 saturated carbocycles. The van der Waals surface area contributed by atoms with Gasteiger partial charge in [-0.3, -0.25) is 4.79 Å². The van der Waals surface area contributed by atoms with Crippen LogP contribution in [0.5, 0.6) is 0 Å². The Bertz CT molecular complexity index is 779. The first-order chi connectivity index (χ1) is 10.7. The Morgan fingerprint density at radius 2 is 1.41 bits per heavy atom. The van der Waals surface area contributed by atoms with Crippen molar-refractivity contribution in [2.45, 2.75) is 16.7 Å². The second-order valence-corrected chi connectivity index (χ2v) is 6.23. The van der Waals surface area contributed by atoms with Crippen LogP contribution in [0.1, 0.15) is 21.5 Å². The molecule has 0 atom stereocenters. The van der Waals surface area contributed by atoms with E-state index in [1.807, 2.05) is 67.6 Å². The number of carbonyl (C=O) groups is 1. The van der Waals surface area contributed by atoms with Crippen molar-refractivity contribution in [2.75, 3.05) is 0 Å². The van der Waals surface area contributed by atoms with Gasteiger partial charge in [-0.1, -0.05) is 60.3 Å². The number of aryl methyl sites for hydroxylation is 1. The summed E-state index contributed by atoms with van der Waals surface area (Å²) in [5, 5.41) is 0. The summed E-state index contributed by atoms with van der Waals surface area (Å²) in [6, 6.07) is 25.7. The van der Waals surface area contributed by atoms with Crippen molar-refractivity contribution in [1.82, 2.24) is 0 Å². The fraction of sp³-hybridized carbons (Fsp3) is 0.0500. The first-order valence-electron chi connectivity index (χ1n) is 7.17. The fourth-order valence-corrected chi connectivity index (χ4v) is 3.26. The van der Waals surface area contributed by atoms with Crippen molar-refractivity contribution in [1.29, 1.82) is 0 Å². The third kappa shape index (κ3) is 3.29. The van der Waals surface area contributed by atoms with Crippen LogP contribution in [-0.4, -0.2) is 5.78 Å². The SMILES string of the molecule is Cc1cc(Sc2ccccc2)ccc1C(=O)c1ccccc1. The predicted molar refractivity (Wildman–Crippen MR) is 91.6 cm³/mol. The number of rotatable bonds is 4. The summed E-state index contributed by atoms with van der Waals surface area (Å²) in [6.45, 7) is 1.99. The molecule has 0 unspecified atom stereocenters. The molecule has 2 heteroatoms. The van der Waals surface area contributed by atoms with Crippen LogP contribution in [0.3, 0.4) is 0 Å². The summed E-state index contributed by atoms with van der Waals surface area (Å²) >= 11 is 1.71. The Morgan fingerprint density at radius 1 is 0.773 bits per heavy atom. The molecule has 0 aliphatic carbocycles. The topological polar surface area (TPSA) is 17.1 Å². The Balaban J connectivity index is 1.85. The Labute approximate surface area is 135 Å². The summed E-state index contributed by atoms with van der Waals surface area (Å²) in [5.74, 6) is 0.0781. The van der Waals surface area contributed by atoms with Crippen LogP contribution in [0.15, 0.2) is 88.7 Å². The molecule has 3 aromatic rings. The molecule has 3 aromatic carbocycles. The van der Waals surface area contributed by atoms with E-state index in [4.69, 9.17) is 0 Å².